The first kappa shape index (κ1) is 13.3. The van der Waals surface area contributed by atoms with E-state index in [9.17, 15) is 4.79 Å². The standard InChI is InChI=1S/C17H20N2O/c1-12-4-3-8-17(18,10-12)16(20)15-6-2-5-13-11-19-9-7-14(13)15/h2,5-7,9,11-12H,3-4,8,10,18H2,1H3. The molecule has 1 heterocycles. The molecule has 1 fully saturated rings. The fourth-order valence-corrected chi connectivity index (χ4v) is 3.39. The number of fused-ring (bicyclic) bond motifs is 1. The number of carbonyl (C=O) groups excluding carboxylic acids is 1. The molecule has 104 valence electrons. The Hall–Kier alpha value is -1.74. The summed E-state index contributed by atoms with van der Waals surface area (Å²) in [4.78, 5) is 17.0. The fourth-order valence-electron chi connectivity index (χ4n) is 3.39. The molecule has 0 bridgehead atoms. The highest BCUT2D eigenvalue weighted by atomic mass is 16.1. The molecule has 2 unspecified atom stereocenters. The summed E-state index contributed by atoms with van der Waals surface area (Å²) in [6.45, 7) is 2.18. The van der Waals surface area contributed by atoms with E-state index in [1.165, 1.54) is 6.42 Å². The molecule has 0 saturated heterocycles. The fraction of sp³-hybridized carbons (Fsp3) is 0.412. The van der Waals surface area contributed by atoms with Gasteiger partial charge in [0, 0.05) is 23.3 Å². The number of hydrogen-bond acceptors (Lipinski definition) is 3. The molecule has 3 rings (SSSR count). The molecule has 1 aromatic carbocycles. The molecule has 1 saturated carbocycles. The zero-order valence-corrected chi connectivity index (χ0v) is 11.8. The Bertz CT molecular complexity index is 647. The third kappa shape index (κ3) is 2.22. The van der Waals surface area contributed by atoms with Crippen LogP contribution in [-0.4, -0.2) is 16.3 Å². The van der Waals surface area contributed by atoms with Crippen LogP contribution in [0.15, 0.2) is 36.7 Å². The van der Waals surface area contributed by atoms with Crippen LogP contribution in [-0.2, 0) is 0 Å². The predicted octanol–water partition coefficient (Wildman–Crippen LogP) is 3.33. The van der Waals surface area contributed by atoms with Crippen molar-refractivity contribution in [3.63, 3.8) is 0 Å². The van der Waals surface area contributed by atoms with E-state index < -0.39 is 5.54 Å². The summed E-state index contributed by atoms with van der Waals surface area (Å²) in [5.74, 6) is 0.607. The number of Topliss-reactive ketones (excluding diaryl/α,β-unsaturated/α-hetero) is 1. The summed E-state index contributed by atoms with van der Waals surface area (Å²) in [7, 11) is 0. The second kappa shape index (κ2) is 4.98. The lowest BCUT2D eigenvalue weighted by Crippen LogP contribution is -2.51. The van der Waals surface area contributed by atoms with E-state index >= 15 is 0 Å². The average Bonchev–Trinajstić information content (AvgIpc) is 2.45. The van der Waals surface area contributed by atoms with Crippen molar-refractivity contribution in [2.75, 3.05) is 0 Å². The first-order valence-electron chi connectivity index (χ1n) is 7.26. The number of aromatic nitrogens is 1. The van der Waals surface area contributed by atoms with Gasteiger partial charge in [-0.25, -0.2) is 0 Å². The Kier molecular flexibility index (Phi) is 3.30. The molecule has 1 aliphatic carbocycles. The maximum Gasteiger partial charge on any atom is 0.183 e. The summed E-state index contributed by atoms with van der Waals surface area (Å²) in [6, 6.07) is 7.68. The summed E-state index contributed by atoms with van der Waals surface area (Å²) in [6.07, 6.45) is 7.30. The molecular weight excluding hydrogens is 248 g/mol. The van der Waals surface area contributed by atoms with Crippen LogP contribution in [0.1, 0.15) is 43.0 Å². The Morgan fingerprint density at radius 2 is 2.25 bits per heavy atom. The second-order valence-corrected chi connectivity index (χ2v) is 6.09. The highest BCUT2D eigenvalue weighted by molar-refractivity contribution is 6.12. The summed E-state index contributed by atoms with van der Waals surface area (Å²) >= 11 is 0. The highest BCUT2D eigenvalue weighted by Gasteiger charge is 2.38. The third-order valence-corrected chi connectivity index (χ3v) is 4.41. The second-order valence-electron chi connectivity index (χ2n) is 6.09. The molecule has 0 radical (unpaired) electrons. The number of rotatable bonds is 2. The number of ketones is 1. The van der Waals surface area contributed by atoms with Gasteiger partial charge in [-0.3, -0.25) is 9.78 Å². The zero-order chi connectivity index (χ0) is 14.2. The van der Waals surface area contributed by atoms with Crippen molar-refractivity contribution < 1.29 is 4.79 Å². The van der Waals surface area contributed by atoms with Gasteiger partial charge >= 0.3 is 0 Å². The predicted molar refractivity (Wildman–Crippen MR) is 80.6 cm³/mol. The molecule has 2 N–H and O–H groups in total. The van der Waals surface area contributed by atoms with Gasteiger partial charge in [0.25, 0.3) is 0 Å². The number of benzene rings is 1. The molecule has 0 aliphatic heterocycles. The summed E-state index contributed by atoms with van der Waals surface area (Å²) in [5.41, 5.74) is 6.49. The van der Waals surface area contributed by atoms with E-state index in [1.807, 2.05) is 24.3 Å². The van der Waals surface area contributed by atoms with E-state index in [2.05, 4.69) is 11.9 Å². The zero-order valence-electron chi connectivity index (χ0n) is 11.8. The monoisotopic (exact) mass is 268 g/mol. The van der Waals surface area contributed by atoms with Gasteiger partial charge in [-0.2, -0.15) is 0 Å². The molecule has 3 heteroatoms. The van der Waals surface area contributed by atoms with Gasteiger partial charge < -0.3 is 5.73 Å². The highest BCUT2D eigenvalue weighted by Crippen LogP contribution is 2.34. The lowest BCUT2D eigenvalue weighted by Gasteiger charge is -2.35. The van der Waals surface area contributed by atoms with Crippen molar-refractivity contribution in [2.45, 2.75) is 38.1 Å². The minimum Gasteiger partial charge on any atom is -0.319 e. The Morgan fingerprint density at radius 1 is 1.40 bits per heavy atom. The van der Waals surface area contributed by atoms with Gasteiger partial charge in [-0.15, -0.1) is 0 Å². The van der Waals surface area contributed by atoms with Crippen molar-refractivity contribution in [1.82, 2.24) is 4.98 Å². The van der Waals surface area contributed by atoms with Gasteiger partial charge in [-0.05, 0) is 30.2 Å². The Balaban J connectivity index is 2.04. The summed E-state index contributed by atoms with van der Waals surface area (Å²) < 4.78 is 0. The number of nitrogens with zero attached hydrogens (tertiary/aromatic N) is 1. The number of carbonyl (C=O) groups is 1. The van der Waals surface area contributed by atoms with Crippen LogP contribution in [0.3, 0.4) is 0 Å². The Labute approximate surface area is 119 Å². The van der Waals surface area contributed by atoms with Crippen molar-refractivity contribution in [2.24, 2.45) is 11.7 Å². The molecule has 1 aromatic heterocycles. The lowest BCUT2D eigenvalue weighted by atomic mass is 9.73. The van der Waals surface area contributed by atoms with Crippen LogP contribution < -0.4 is 5.73 Å². The van der Waals surface area contributed by atoms with Gasteiger partial charge in [0.05, 0.1) is 5.54 Å². The molecule has 1 aliphatic rings. The van der Waals surface area contributed by atoms with E-state index in [-0.39, 0.29) is 5.78 Å². The van der Waals surface area contributed by atoms with Gasteiger partial charge in [0.1, 0.15) is 0 Å². The van der Waals surface area contributed by atoms with Crippen LogP contribution in [0.5, 0.6) is 0 Å². The average molecular weight is 268 g/mol. The minimum atomic E-state index is -0.699. The van der Waals surface area contributed by atoms with Gasteiger partial charge in [-0.1, -0.05) is 38.0 Å². The van der Waals surface area contributed by atoms with E-state index in [4.69, 9.17) is 5.73 Å². The summed E-state index contributed by atoms with van der Waals surface area (Å²) in [5, 5.41) is 1.95. The van der Waals surface area contributed by atoms with Crippen molar-refractivity contribution in [3.05, 3.63) is 42.2 Å². The molecular formula is C17H20N2O. The van der Waals surface area contributed by atoms with E-state index in [0.29, 0.717) is 5.92 Å². The molecule has 0 amide bonds. The quantitative estimate of drug-likeness (QED) is 0.850. The lowest BCUT2D eigenvalue weighted by molar-refractivity contribution is 0.0821. The maximum atomic E-state index is 12.9. The van der Waals surface area contributed by atoms with Crippen molar-refractivity contribution in [3.8, 4) is 0 Å². The number of pyridine rings is 1. The topological polar surface area (TPSA) is 56.0 Å². The first-order valence-corrected chi connectivity index (χ1v) is 7.26. The minimum absolute atomic E-state index is 0.0841. The van der Waals surface area contributed by atoms with Crippen molar-refractivity contribution >= 4 is 16.6 Å². The van der Waals surface area contributed by atoms with Crippen LogP contribution in [0, 0.1) is 5.92 Å². The molecule has 2 atom stereocenters. The van der Waals surface area contributed by atoms with Gasteiger partial charge in [0.15, 0.2) is 5.78 Å². The van der Waals surface area contributed by atoms with Gasteiger partial charge in [0.2, 0.25) is 0 Å². The van der Waals surface area contributed by atoms with Crippen LogP contribution >= 0.6 is 0 Å². The normalized spacial score (nSPS) is 26.6. The van der Waals surface area contributed by atoms with E-state index in [1.54, 1.807) is 12.4 Å². The molecule has 2 aromatic rings. The van der Waals surface area contributed by atoms with Crippen LogP contribution in [0.25, 0.3) is 10.8 Å². The van der Waals surface area contributed by atoms with Crippen molar-refractivity contribution in [1.29, 1.82) is 0 Å². The van der Waals surface area contributed by atoms with Crippen LogP contribution in [0.4, 0.5) is 0 Å². The first-order chi connectivity index (χ1) is 9.60. The maximum absolute atomic E-state index is 12.9. The molecule has 3 nitrogen and oxygen atoms in total. The van der Waals surface area contributed by atoms with E-state index in [0.717, 1.165) is 35.6 Å². The SMILES string of the molecule is CC1CCCC(N)(C(=O)c2cccc3cnccc23)C1. The number of nitrogens with two attached hydrogens (primary N) is 1. The Morgan fingerprint density at radius 3 is 3.05 bits per heavy atom. The number of hydrogen-bond donors (Lipinski definition) is 1. The molecule has 20 heavy (non-hydrogen) atoms. The van der Waals surface area contributed by atoms with Crippen LogP contribution in [0.2, 0.25) is 0 Å². The smallest absolute Gasteiger partial charge is 0.183 e. The largest absolute Gasteiger partial charge is 0.319 e. The third-order valence-electron chi connectivity index (χ3n) is 4.41. The molecule has 0 spiro atoms.